The highest BCUT2D eigenvalue weighted by Crippen LogP contribution is 2.31. The van der Waals surface area contributed by atoms with Gasteiger partial charge < -0.3 is 24.6 Å². The van der Waals surface area contributed by atoms with E-state index in [4.69, 9.17) is 9.26 Å². The molecule has 1 aromatic carbocycles. The molecule has 3 aromatic rings. The van der Waals surface area contributed by atoms with Gasteiger partial charge in [-0.05, 0) is 37.1 Å². The van der Waals surface area contributed by atoms with E-state index < -0.39 is 5.97 Å². The second kappa shape index (κ2) is 7.89. The lowest BCUT2D eigenvalue weighted by molar-refractivity contribution is 0.0698. The topological polar surface area (TPSA) is 101 Å². The number of carbonyl (C=O) groups is 1. The molecular weight excluding hydrogens is 380 g/mol. The molecule has 1 saturated heterocycles. The maximum absolute atomic E-state index is 11.8. The summed E-state index contributed by atoms with van der Waals surface area (Å²) in [4.78, 5) is 18.7. The number of nitrogens with one attached hydrogen (secondary N) is 1. The molecule has 1 aliphatic heterocycles. The number of hydrogen-bond acceptors (Lipinski definition) is 8. The van der Waals surface area contributed by atoms with Crippen molar-refractivity contribution in [1.29, 1.82) is 0 Å². The van der Waals surface area contributed by atoms with Crippen molar-refractivity contribution in [3.63, 3.8) is 0 Å². The lowest BCUT2D eigenvalue weighted by Crippen LogP contribution is -2.17. The van der Waals surface area contributed by atoms with Crippen LogP contribution in [-0.2, 0) is 6.54 Å². The van der Waals surface area contributed by atoms with Gasteiger partial charge in [-0.1, -0.05) is 5.16 Å². The Kier molecular flexibility index (Phi) is 5.16. The van der Waals surface area contributed by atoms with Crippen molar-refractivity contribution in [1.82, 2.24) is 10.1 Å². The molecule has 0 radical (unpaired) electrons. The fraction of sp³-hybridized carbons (Fsp3) is 0.316. The first-order valence-corrected chi connectivity index (χ1v) is 9.84. The lowest BCUT2D eigenvalue weighted by Gasteiger charge is -2.12. The molecule has 0 saturated carbocycles. The Morgan fingerprint density at radius 1 is 1.32 bits per heavy atom. The maximum atomic E-state index is 11.8. The smallest absolute Gasteiger partial charge is 0.343 e. The Labute approximate surface area is 165 Å². The van der Waals surface area contributed by atoms with Gasteiger partial charge in [-0.2, -0.15) is 0 Å². The van der Waals surface area contributed by atoms with Crippen LogP contribution in [0.15, 0.2) is 34.2 Å². The van der Waals surface area contributed by atoms with E-state index in [1.165, 1.54) is 12.8 Å². The zero-order valence-electron chi connectivity index (χ0n) is 15.3. The normalized spacial score (nSPS) is 13.7. The van der Waals surface area contributed by atoms with Gasteiger partial charge in [0.15, 0.2) is 22.3 Å². The van der Waals surface area contributed by atoms with E-state index >= 15 is 0 Å². The molecule has 28 heavy (non-hydrogen) atoms. The number of nitrogens with zero attached hydrogens (tertiary/aromatic N) is 3. The van der Waals surface area contributed by atoms with Gasteiger partial charge in [0, 0.05) is 24.0 Å². The van der Waals surface area contributed by atoms with Crippen molar-refractivity contribution < 1.29 is 19.2 Å². The zero-order valence-corrected chi connectivity index (χ0v) is 16.2. The van der Waals surface area contributed by atoms with E-state index in [0.717, 1.165) is 23.9 Å². The summed E-state index contributed by atoms with van der Waals surface area (Å²) in [5.74, 6) is -0.0378. The van der Waals surface area contributed by atoms with Crippen LogP contribution in [0.25, 0.3) is 11.3 Å². The number of carboxylic acid groups (broad SMARTS) is 1. The molecule has 3 heterocycles. The Balaban J connectivity index is 1.51. The highest BCUT2D eigenvalue weighted by atomic mass is 32.1. The summed E-state index contributed by atoms with van der Waals surface area (Å²) in [6.07, 6.45) is 2.39. The van der Waals surface area contributed by atoms with Gasteiger partial charge in [0.2, 0.25) is 0 Å². The van der Waals surface area contributed by atoms with Gasteiger partial charge in [-0.25, -0.2) is 9.78 Å². The average Bonchev–Trinajstić information content (AvgIpc) is 3.46. The van der Waals surface area contributed by atoms with Crippen LogP contribution in [0.2, 0.25) is 0 Å². The molecule has 0 spiro atoms. The standard InChI is InChI=1S/C19H20N4O4S/c1-26-14-6-4-12(5-7-14)16-15(18(24)25)17(22-27-16)20-10-13-11-28-19(21-13)23-8-2-3-9-23/h4-7,11H,2-3,8-10H2,1H3,(H,20,22)(H,24,25). The minimum absolute atomic E-state index is 0.000151. The number of benzene rings is 1. The van der Waals surface area contributed by atoms with E-state index in [2.05, 4.69) is 20.4 Å². The number of carboxylic acids is 1. The summed E-state index contributed by atoms with van der Waals surface area (Å²) >= 11 is 1.60. The van der Waals surface area contributed by atoms with E-state index in [0.29, 0.717) is 17.9 Å². The molecule has 0 atom stereocenters. The van der Waals surface area contributed by atoms with Crippen LogP contribution in [-0.4, -0.2) is 41.4 Å². The minimum atomic E-state index is -1.11. The number of aromatic carboxylic acids is 1. The number of aromatic nitrogens is 2. The quantitative estimate of drug-likeness (QED) is 0.619. The van der Waals surface area contributed by atoms with Crippen LogP contribution >= 0.6 is 11.3 Å². The van der Waals surface area contributed by atoms with Gasteiger partial charge in [-0.15, -0.1) is 11.3 Å². The van der Waals surface area contributed by atoms with Gasteiger partial charge in [0.1, 0.15) is 5.75 Å². The summed E-state index contributed by atoms with van der Waals surface area (Å²) < 4.78 is 10.5. The molecule has 8 nitrogen and oxygen atoms in total. The molecule has 0 aliphatic carbocycles. The molecule has 1 fully saturated rings. The maximum Gasteiger partial charge on any atom is 0.343 e. The van der Waals surface area contributed by atoms with E-state index in [-0.39, 0.29) is 17.1 Å². The van der Waals surface area contributed by atoms with Crippen molar-refractivity contribution in [2.75, 3.05) is 30.4 Å². The Morgan fingerprint density at radius 2 is 2.07 bits per heavy atom. The first kappa shape index (κ1) is 18.3. The number of rotatable bonds is 7. The Morgan fingerprint density at radius 3 is 2.75 bits per heavy atom. The van der Waals surface area contributed by atoms with Crippen LogP contribution in [0.1, 0.15) is 28.9 Å². The molecule has 0 bridgehead atoms. The molecule has 0 amide bonds. The third-order valence-corrected chi connectivity index (χ3v) is 5.56. The number of methoxy groups -OCH3 is 1. The highest BCUT2D eigenvalue weighted by Gasteiger charge is 2.24. The molecule has 1 aliphatic rings. The van der Waals surface area contributed by atoms with Crippen molar-refractivity contribution in [2.24, 2.45) is 0 Å². The SMILES string of the molecule is COc1ccc(-c2onc(NCc3csc(N4CCCC4)n3)c2C(=O)O)cc1. The zero-order chi connectivity index (χ0) is 19.5. The highest BCUT2D eigenvalue weighted by molar-refractivity contribution is 7.13. The molecule has 0 unspecified atom stereocenters. The van der Waals surface area contributed by atoms with Gasteiger partial charge >= 0.3 is 5.97 Å². The first-order valence-electron chi connectivity index (χ1n) is 8.96. The summed E-state index contributed by atoms with van der Waals surface area (Å²) in [6, 6.07) is 6.95. The summed E-state index contributed by atoms with van der Waals surface area (Å²) in [7, 11) is 1.57. The van der Waals surface area contributed by atoms with Gasteiger partial charge in [-0.3, -0.25) is 0 Å². The predicted octanol–water partition coefficient (Wildman–Crippen LogP) is 3.72. The lowest BCUT2D eigenvalue weighted by atomic mass is 10.1. The number of ether oxygens (including phenoxy) is 1. The third-order valence-electron chi connectivity index (χ3n) is 4.61. The van der Waals surface area contributed by atoms with Crippen molar-refractivity contribution >= 4 is 28.3 Å². The van der Waals surface area contributed by atoms with Crippen LogP contribution in [0, 0.1) is 0 Å². The van der Waals surface area contributed by atoms with Crippen molar-refractivity contribution in [3.8, 4) is 17.1 Å². The largest absolute Gasteiger partial charge is 0.497 e. The first-order chi connectivity index (χ1) is 13.7. The Hall–Kier alpha value is -3.07. The predicted molar refractivity (Wildman–Crippen MR) is 106 cm³/mol. The monoisotopic (exact) mass is 400 g/mol. The summed E-state index contributed by atoms with van der Waals surface area (Å²) in [6.45, 7) is 2.45. The van der Waals surface area contributed by atoms with Crippen molar-refractivity contribution in [2.45, 2.75) is 19.4 Å². The number of hydrogen-bond donors (Lipinski definition) is 2. The van der Waals surface area contributed by atoms with Crippen LogP contribution in [0.5, 0.6) is 5.75 Å². The second-order valence-corrected chi connectivity index (χ2v) is 7.27. The average molecular weight is 400 g/mol. The third kappa shape index (κ3) is 3.65. The second-order valence-electron chi connectivity index (χ2n) is 6.44. The van der Waals surface area contributed by atoms with E-state index in [1.807, 2.05) is 5.38 Å². The molecule has 146 valence electrons. The molecule has 2 aromatic heterocycles. The molecule has 2 N–H and O–H groups in total. The molecule has 4 rings (SSSR count). The van der Waals surface area contributed by atoms with E-state index in [1.54, 1.807) is 42.7 Å². The van der Waals surface area contributed by atoms with Crippen LogP contribution in [0.3, 0.4) is 0 Å². The van der Waals surface area contributed by atoms with Crippen molar-refractivity contribution in [3.05, 3.63) is 40.9 Å². The van der Waals surface area contributed by atoms with E-state index in [9.17, 15) is 9.90 Å². The fourth-order valence-corrected chi connectivity index (χ4v) is 4.03. The minimum Gasteiger partial charge on any atom is -0.497 e. The number of anilines is 2. The Bertz CT molecular complexity index is 961. The summed E-state index contributed by atoms with van der Waals surface area (Å²) in [5, 5.41) is 19.6. The van der Waals surface area contributed by atoms with Gasteiger partial charge in [0.25, 0.3) is 0 Å². The van der Waals surface area contributed by atoms with Gasteiger partial charge in [0.05, 0.1) is 19.3 Å². The summed E-state index contributed by atoms with van der Waals surface area (Å²) in [5.41, 5.74) is 1.46. The number of thiazole rings is 1. The molecule has 9 heteroatoms. The van der Waals surface area contributed by atoms with Crippen LogP contribution < -0.4 is 15.0 Å². The molecular formula is C19H20N4O4S. The van der Waals surface area contributed by atoms with Crippen LogP contribution in [0.4, 0.5) is 10.9 Å². The fourth-order valence-electron chi connectivity index (χ4n) is 3.15.